The van der Waals surface area contributed by atoms with Crippen molar-refractivity contribution in [1.29, 1.82) is 0 Å². The SMILES string of the molecule is CCOc1ccc(CCC(=O)Nc2cnn(C)n2)cc1. The van der Waals surface area contributed by atoms with Gasteiger partial charge in [-0.05, 0) is 31.0 Å². The molecular weight excluding hydrogens is 256 g/mol. The predicted molar refractivity (Wildman–Crippen MR) is 75.6 cm³/mol. The third-order valence-corrected chi connectivity index (χ3v) is 2.74. The molecule has 2 rings (SSSR count). The predicted octanol–water partition coefficient (Wildman–Crippen LogP) is 1.79. The monoisotopic (exact) mass is 274 g/mol. The second-order valence-corrected chi connectivity index (χ2v) is 4.34. The number of carbonyl (C=O) groups excluding carboxylic acids is 1. The van der Waals surface area contributed by atoms with E-state index < -0.39 is 0 Å². The molecule has 1 N–H and O–H groups in total. The Bertz CT molecular complexity index is 563. The average Bonchev–Trinajstić information content (AvgIpc) is 2.84. The third kappa shape index (κ3) is 4.08. The van der Waals surface area contributed by atoms with Crippen molar-refractivity contribution in [3.05, 3.63) is 36.0 Å². The Morgan fingerprint density at radius 2 is 2.10 bits per heavy atom. The van der Waals surface area contributed by atoms with Crippen LogP contribution in [-0.4, -0.2) is 27.5 Å². The summed E-state index contributed by atoms with van der Waals surface area (Å²) < 4.78 is 5.37. The fourth-order valence-corrected chi connectivity index (χ4v) is 1.79. The van der Waals surface area contributed by atoms with Crippen molar-refractivity contribution in [1.82, 2.24) is 15.0 Å². The van der Waals surface area contributed by atoms with Crippen LogP contribution in [0.25, 0.3) is 0 Å². The zero-order valence-corrected chi connectivity index (χ0v) is 11.7. The number of aryl methyl sites for hydroxylation is 2. The van der Waals surface area contributed by atoms with Gasteiger partial charge in [0.2, 0.25) is 5.91 Å². The molecule has 1 amide bonds. The third-order valence-electron chi connectivity index (χ3n) is 2.74. The lowest BCUT2D eigenvalue weighted by Crippen LogP contribution is -2.13. The quantitative estimate of drug-likeness (QED) is 0.872. The summed E-state index contributed by atoms with van der Waals surface area (Å²) in [5, 5.41) is 10.6. The van der Waals surface area contributed by atoms with Crippen LogP contribution < -0.4 is 10.1 Å². The smallest absolute Gasteiger partial charge is 0.225 e. The zero-order valence-electron chi connectivity index (χ0n) is 11.7. The van der Waals surface area contributed by atoms with Crippen LogP contribution in [0.3, 0.4) is 0 Å². The first kappa shape index (κ1) is 14.0. The molecular formula is C14H18N4O2. The molecule has 20 heavy (non-hydrogen) atoms. The number of aromatic nitrogens is 3. The highest BCUT2D eigenvalue weighted by Gasteiger charge is 2.05. The normalized spacial score (nSPS) is 10.3. The fraction of sp³-hybridized carbons (Fsp3) is 0.357. The molecule has 6 nitrogen and oxygen atoms in total. The number of amides is 1. The molecule has 0 saturated carbocycles. The number of carbonyl (C=O) groups is 1. The van der Waals surface area contributed by atoms with E-state index in [9.17, 15) is 4.79 Å². The number of rotatable bonds is 6. The summed E-state index contributed by atoms with van der Waals surface area (Å²) in [6, 6.07) is 7.78. The van der Waals surface area contributed by atoms with Gasteiger partial charge in [-0.1, -0.05) is 12.1 Å². The van der Waals surface area contributed by atoms with Crippen LogP contribution in [0, 0.1) is 0 Å². The summed E-state index contributed by atoms with van der Waals surface area (Å²) in [6.07, 6.45) is 2.61. The number of hydrogen-bond acceptors (Lipinski definition) is 4. The maximum atomic E-state index is 11.8. The van der Waals surface area contributed by atoms with Crippen molar-refractivity contribution in [3.63, 3.8) is 0 Å². The van der Waals surface area contributed by atoms with Crippen LogP contribution in [-0.2, 0) is 18.3 Å². The first-order valence-electron chi connectivity index (χ1n) is 6.55. The molecule has 0 fully saturated rings. The largest absolute Gasteiger partial charge is 0.494 e. The van der Waals surface area contributed by atoms with Gasteiger partial charge in [0.25, 0.3) is 0 Å². The molecule has 0 atom stereocenters. The molecule has 0 bridgehead atoms. The standard InChI is InChI=1S/C14H18N4O2/c1-3-20-12-7-4-11(5-8-12)6-9-14(19)16-13-10-15-18(2)17-13/h4-5,7-8,10H,3,6,9H2,1-2H3,(H,16,17,19). The first-order chi connectivity index (χ1) is 9.67. The number of hydrogen-bond donors (Lipinski definition) is 1. The summed E-state index contributed by atoms with van der Waals surface area (Å²) in [5.41, 5.74) is 1.10. The van der Waals surface area contributed by atoms with E-state index in [0.29, 0.717) is 25.3 Å². The molecule has 0 spiro atoms. The van der Waals surface area contributed by atoms with E-state index in [1.54, 1.807) is 7.05 Å². The second kappa shape index (κ2) is 6.70. The second-order valence-electron chi connectivity index (χ2n) is 4.34. The van der Waals surface area contributed by atoms with Crippen molar-refractivity contribution >= 4 is 11.7 Å². The van der Waals surface area contributed by atoms with Gasteiger partial charge in [-0.3, -0.25) is 4.79 Å². The highest BCUT2D eigenvalue weighted by atomic mass is 16.5. The molecule has 1 heterocycles. The fourth-order valence-electron chi connectivity index (χ4n) is 1.79. The molecule has 1 aromatic heterocycles. The maximum absolute atomic E-state index is 11.8. The van der Waals surface area contributed by atoms with Gasteiger partial charge >= 0.3 is 0 Å². The van der Waals surface area contributed by atoms with Crippen molar-refractivity contribution < 1.29 is 9.53 Å². The molecule has 1 aromatic carbocycles. The molecule has 0 aliphatic carbocycles. The van der Waals surface area contributed by atoms with Crippen LogP contribution in [0.15, 0.2) is 30.5 Å². The topological polar surface area (TPSA) is 69.0 Å². The van der Waals surface area contributed by atoms with Gasteiger partial charge in [0.1, 0.15) is 5.75 Å². The number of benzene rings is 1. The Kier molecular flexibility index (Phi) is 4.70. The van der Waals surface area contributed by atoms with Gasteiger partial charge in [0.05, 0.1) is 12.8 Å². The van der Waals surface area contributed by atoms with Crippen molar-refractivity contribution in [2.24, 2.45) is 7.05 Å². The van der Waals surface area contributed by atoms with Crippen molar-refractivity contribution in [2.45, 2.75) is 19.8 Å². The van der Waals surface area contributed by atoms with E-state index in [2.05, 4.69) is 15.5 Å². The summed E-state index contributed by atoms with van der Waals surface area (Å²) in [4.78, 5) is 13.2. The van der Waals surface area contributed by atoms with Crippen molar-refractivity contribution in [2.75, 3.05) is 11.9 Å². The van der Waals surface area contributed by atoms with E-state index in [0.717, 1.165) is 11.3 Å². The summed E-state index contributed by atoms with van der Waals surface area (Å²) in [7, 11) is 1.70. The van der Waals surface area contributed by atoms with E-state index in [4.69, 9.17) is 4.74 Å². The molecule has 106 valence electrons. The molecule has 2 aromatic rings. The van der Waals surface area contributed by atoms with Crippen LogP contribution in [0.4, 0.5) is 5.82 Å². The summed E-state index contributed by atoms with van der Waals surface area (Å²) in [5.74, 6) is 1.25. The maximum Gasteiger partial charge on any atom is 0.225 e. The lowest BCUT2D eigenvalue weighted by molar-refractivity contribution is -0.116. The van der Waals surface area contributed by atoms with Crippen LogP contribution in [0.1, 0.15) is 18.9 Å². The van der Waals surface area contributed by atoms with E-state index in [1.165, 1.54) is 11.0 Å². The summed E-state index contributed by atoms with van der Waals surface area (Å²) >= 11 is 0. The molecule has 0 aliphatic heterocycles. The number of anilines is 1. The number of nitrogens with one attached hydrogen (secondary N) is 1. The average molecular weight is 274 g/mol. The lowest BCUT2D eigenvalue weighted by Gasteiger charge is -2.05. The number of nitrogens with zero attached hydrogens (tertiary/aromatic N) is 3. The molecule has 6 heteroatoms. The minimum atomic E-state index is -0.0700. The Hall–Kier alpha value is -2.37. The van der Waals surface area contributed by atoms with Gasteiger partial charge in [-0.25, -0.2) is 0 Å². The Labute approximate surface area is 117 Å². The van der Waals surface area contributed by atoms with Crippen LogP contribution >= 0.6 is 0 Å². The van der Waals surface area contributed by atoms with E-state index in [1.807, 2.05) is 31.2 Å². The van der Waals surface area contributed by atoms with Gasteiger partial charge in [-0.2, -0.15) is 9.90 Å². The molecule has 0 radical (unpaired) electrons. The molecule has 0 aliphatic rings. The van der Waals surface area contributed by atoms with E-state index >= 15 is 0 Å². The lowest BCUT2D eigenvalue weighted by atomic mass is 10.1. The Morgan fingerprint density at radius 1 is 1.35 bits per heavy atom. The molecule has 0 saturated heterocycles. The van der Waals surface area contributed by atoms with Gasteiger partial charge in [0.15, 0.2) is 5.82 Å². The van der Waals surface area contributed by atoms with Crippen LogP contribution in [0.2, 0.25) is 0 Å². The molecule has 0 unspecified atom stereocenters. The van der Waals surface area contributed by atoms with Gasteiger partial charge in [-0.15, -0.1) is 5.10 Å². The summed E-state index contributed by atoms with van der Waals surface area (Å²) in [6.45, 7) is 2.60. The van der Waals surface area contributed by atoms with Gasteiger partial charge < -0.3 is 10.1 Å². The Balaban J connectivity index is 1.80. The van der Waals surface area contributed by atoms with E-state index in [-0.39, 0.29) is 5.91 Å². The zero-order chi connectivity index (χ0) is 14.4. The van der Waals surface area contributed by atoms with Crippen molar-refractivity contribution in [3.8, 4) is 5.75 Å². The van der Waals surface area contributed by atoms with Gasteiger partial charge in [0, 0.05) is 13.5 Å². The highest BCUT2D eigenvalue weighted by molar-refractivity contribution is 5.89. The minimum Gasteiger partial charge on any atom is -0.494 e. The minimum absolute atomic E-state index is 0.0700. The Morgan fingerprint density at radius 3 is 2.70 bits per heavy atom. The number of ether oxygens (including phenoxy) is 1. The highest BCUT2D eigenvalue weighted by Crippen LogP contribution is 2.13. The first-order valence-corrected chi connectivity index (χ1v) is 6.55. The van der Waals surface area contributed by atoms with Crippen LogP contribution in [0.5, 0.6) is 5.75 Å².